The highest BCUT2D eigenvalue weighted by atomic mass is 35.5. The molecule has 1 amide bonds. The Bertz CT molecular complexity index is 1070. The fourth-order valence-electron chi connectivity index (χ4n) is 4.29. The predicted molar refractivity (Wildman–Crippen MR) is 120 cm³/mol. The van der Waals surface area contributed by atoms with Gasteiger partial charge in [0.05, 0.1) is 5.56 Å². The van der Waals surface area contributed by atoms with E-state index in [9.17, 15) is 13.2 Å². The molecule has 2 saturated heterocycles. The van der Waals surface area contributed by atoms with Gasteiger partial charge in [-0.05, 0) is 43.9 Å². The van der Waals surface area contributed by atoms with E-state index in [0.717, 1.165) is 30.5 Å². The maximum absolute atomic E-state index is 13.4. The third-order valence-electron chi connectivity index (χ3n) is 6.00. The highest BCUT2D eigenvalue weighted by molar-refractivity contribution is 7.89. The molecule has 2 aliphatic rings. The number of hydrogen-bond donors (Lipinski definition) is 0. The van der Waals surface area contributed by atoms with Gasteiger partial charge in [0.25, 0.3) is 15.9 Å². The number of nitrogens with zero attached hydrogens (tertiary/aromatic N) is 5. The molecule has 8 nitrogen and oxygen atoms in total. The summed E-state index contributed by atoms with van der Waals surface area (Å²) in [5, 5.41) is 4.70. The van der Waals surface area contributed by atoms with Crippen LogP contribution < -0.4 is 4.90 Å². The summed E-state index contributed by atoms with van der Waals surface area (Å²) < 4.78 is 29.7. The molecule has 2 aliphatic heterocycles. The van der Waals surface area contributed by atoms with Crippen LogP contribution in [0.15, 0.2) is 29.4 Å². The second kappa shape index (κ2) is 8.80. The molecule has 0 aliphatic carbocycles. The first-order chi connectivity index (χ1) is 14.8. The van der Waals surface area contributed by atoms with E-state index in [4.69, 9.17) is 11.6 Å². The molecule has 2 fully saturated rings. The number of piperidine rings is 1. The van der Waals surface area contributed by atoms with Crippen LogP contribution in [-0.2, 0) is 17.1 Å². The Hall–Kier alpha value is -2.10. The summed E-state index contributed by atoms with van der Waals surface area (Å²) in [7, 11) is -2.23. The number of carbonyl (C=O) groups excluding carboxylic acids is 1. The van der Waals surface area contributed by atoms with Crippen molar-refractivity contribution < 1.29 is 13.2 Å². The maximum Gasteiger partial charge on any atom is 0.263 e. The van der Waals surface area contributed by atoms with Crippen molar-refractivity contribution in [3.05, 3.63) is 40.5 Å². The maximum atomic E-state index is 13.4. The lowest BCUT2D eigenvalue weighted by molar-refractivity contribution is 0.0720. The van der Waals surface area contributed by atoms with Gasteiger partial charge in [0.1, 0.15) is 0 Å². The number of halogens is 1. The highest BCUT2D eigenvalue weighted by Crippen LogP contribution is 2.27. The topological polar surface area (TPSA) is 78.8 Å². The molecule has 10 heteroatoms. The Morgan fingerprint density at radius 2 is 1.71 bits per heavy atom. The van der Waals surface area contributed by atoms with Crippen LogP contribution in [0.5, 0.6) is 0 Å². The number of rotatable bonds is 4. The zero-order valence-corrected chi connectivity index (χ0v) is 19.5. The molecule has 168 valence electrons. The number of hydrogen-bond acceptors (Lipinski definition) is 5. The highest BCUT2D eigenvalue weighted by Gasteiger charge is 2.36. The van der Waals surface area contributed by atoms with Gasteiger partial charge >= 0.3 is 0 Å². The van der Waals surface area contributed by atoms with Crippen molar-refractivity contribution in [3.8, 4) is 0 Å². The van der Waals surface area contributed by atoms with E-state index in [0.29, 0.717) is 44.3 Å². The van der Waals surface area contributed by atoms with Crippen LogP contribution in [-0.4, -0.2) is 72.6 Å². The van der Waals surface area contributed by atoms with Crippen molar-refractivity contribution in [2.75, 3.05) is 44.2 Å². The van der Waals surface area contributed by atoms with E-state index >= 15 is 0 Å². The molecule has 0 saturated carbocycles. The van der Waals surface area contributed by atoms with Crippen LogP contribution in [0.3, 0.4) is 0 Å². The lowest BCUT2D eigenvalue weighted by Gasteiger charge is -2.36. The van der Waals surface area contributed by atoms with Gasteiger partial charge in [0.15, 0.2) is 0 Å². The number of sulfonamides is 1. The lowest BCUT2D eigenvalue weighted by Crippen LogP contribution is -2.49. The summed E-state index contributed by atoms with van der Waals surface area (Å²) in [6, 6.07) is 5.73. The van der Waals surface area contributed by atoms with Crippen molar-refractivity contribution >= 4 is 33.2 Å². The van der Waals surface area contributed by atoms with Gasteiger partial charge in [0, 0.05) is 63.2 Å². The van der Waals surface area contributed by atoms with E-state index < -0.39 is 10.0 Å². The van der Waals surface area contributed by atoms with Gasteiger partial charge in [-0.1, -0.05) is 17.7 Å². The smallest absolute Gasteiger partial charge is 0.263 e. The molecular weight excluding hydrogens is 438 g/mol. The van der Waals surface area contributed by atoms with E-state index in [1.165, 1.54) is 15.2 Å². The lowest BCUT2D eigenvalue weighted by atomic mass is 10.1. The first kappa shape index (κ1) is 22.1. The van der Waals surface area contributed by atoms with Crippen molar-refractivity contribution in [3.63, 3.8) is 0 Å². The number of piperazine rings is 1. The second-order valence-electron chi connectivity index (χ2n) is 8.20. The minimum absolute atomic E-state index is 0.141. The van der Waals surface area contributed by atoms with Crippen molar-refractivity contribution in [1.29, 1.82) is 0 Å². The second-order valence-corrected chi connectivity index (χ2v) is 10.5. The average molecular weight is 466 g/mol. The molecule has 2 aromatic rings. The largest absolute Gasteiger partial charge is 0.369 e. The number of benzene rings is 1. The molecule has 0 atom stereocenters. The van der Waals surface area contributed by atoms with Crippen LogP contribution >= 0.6 is 11.6 Å². The summed E-state index contributed by atoms with van der Waals surface area (Å²) in [4.78, 5) is 16.9. The monoisotopic (exact) mass is 465 g/mol. The number of aryl methyl sites for hydroxylation is 2. The van der Waals surface area contributed by atoms with E-state index in [2.05, 4.69) is 10.00 Å². The summed E-state index contributed by atoms with van der Waals surface area (Å²) >= 11 is 6.15. The van der Waals surface area contributed by atoms with Crippen LogP contribution in [0.2, 0.25) is 5.02 Å². The number of carbonyl (C=O) groups is 1. The van der Waals surface area contributed by atoms with Gasteiger partial charge in [0.2, 0.25) is 5.03 Å². The molecular formula is C21H28ClN5O3S. The minimum Gasteiger partial charge on any atom is -0.369 e. The quantitative estimate of drug-likeness (QED) is 0.693. The summed E-state index contributed by atoms with van der Waals surface area (Å²) in [6.45, 7) is 5.06. The Kier molecular flexibility index (Phi) is 6.27. The third-order valence-corrected chi connectivity index (χ3v) is 8.07. The van der Waals surface area contributed by atoms with Gasteiger partial charge < -0.3 is 9.80 Å². The predicted octanol–water partition coefficient (Wildman–Crippen LogP) is 2.52. The van der Waals surface area contributed by atoms with Crippen LogP contribution in [0, 0.1) is 6.92 Å². The fourth-order valence-corrected chi connectivity index (χ4v) is 5.99. The van der Waals surface area contributed by atoms with Crippen LogP contribution in [0.25, 0.3) is 0 Å². The Labute approximate surface area is 188 Å². The molecule has 1 aromatic carbocycles. The first-order valence-electron chi connectivity index (χ1n) is 10.6. The Morgan fingerprint density at radius 1 is 1.03 bits per heavy atom. The van der Waals surface area contributed by atoms with Crippen LogP contribution in [0.4, 0.5) is 5.69 Å². The van der Waals surface area contributed by atoms with Crippen molar-refractivity contribution in [1.82, 2.24) is 19.0 Å². The van der Waals surface area contributed by atoms with Gasteiger partial charge in [-0.2, -0.15) is 9.40 Å². The van der Waals surface area contributed by atoms with Crippen molar-refractivity contribution in [2.45, 2.75) is 31.2 Å². The molecule has 0 N–H and O–H groups in total. The zero-order chi connectivity index (χ0) is 22.2. The van der Waals surface area contributed by atoms with E-state index in [1.807, 2.05) is 25.1 Å². The fraction of sp³-hybridized carbons (Fsp3) is 0.524. The number of amides is 1. The average Bonchev–Trinajstić information content (AvgIpc) is 3.18. The van der Waals surface area contributed by atoms with E-state index in [1.54, 1.807) is 11.9 Å². The minimum atomic E-state index is -3.88. The van der Waals surface area contributed by atoms with Gasteiger partial charge in [-0.25, -0.2) is 8.42 Å². The Morgan fingerprint density at radius 3 is 2.39 bits per heavy atom. The van der Waals surface area contributed by atoms with Crippen LogP contribution in [0.1, 0.15) is 35.2 Å². The van der Waals surface area contributed by atoms with E-state index in [-0.39, 0.29) is 16.5 Å². The number of anilines is 1. The van der Waals surface area contributed by atoms with Crippen molar-refractivity contribution in [2.24, 2.45) is 7.05 Å². The summed E-state index contributed by atoms with van der Waals surface area (Å²) in [5.41, 5.74) is 2.28. The first-order valence-corrected chi connectivity index (χ1v) is 12.4. The zero-order valence-electron chi connectivity index (χ0n) is 17.9. The number of likely N-dealkylation sites (tertiary alicyclic amines) is 1. The normalized spacial score (nSPS) is 18.4. The summed E-state index contributed by atoms with van der Waals surface area (Å²) in [5.74, 6) is -0.250. The molecule has 0 spiro atoms. The number of aromatic nitrogens is 2. The third kappa shape index (κ3) is 4.44. The standard InChI is InChI=1S/C21H28ClN5O3S/c1-16-6-7-17(22)14-19(16)25-10-12-27(13-11-25)31(29,30)20-18(15-24(2)23-20)21(28)26-8-4-3-5-9-26/h6-7,14-15H,3-5,8-13H2,1-2H3. The Balaban J connectivity index is 1.53. The molecule has 1 aromatic heterocycles. The molecule has 4 rings (SSSR count). The molecule has 0 bridgehead atoms. The molecule has 31 heavy (non-hydrogen) atoms. The SMILES string of the molecule is Cc1ccc(Cl)cc1N1CCN(S(=O)(=O)c2nn(C)cc2C(=O)N2CCCCC2)CC1. The van der Waals surface area contributed by atoms with Gasteiger partial charge in [-0.15, -0.1) is 0 Å². The molecule has 0 unspecified atom stereocenters. The molecule has 0 radical (unpaired) electrons. The van der Waals surface area contributed by atoms with Gasteiger partial charge in [-0.3, -0.25) is 9.48 Å². The molecule has 3 heterocycles. The summed E-state index contributed by atoms with van der Waals surface area (Å²) in [6.07, 6.45) is 4.51.